The molecule has 0 spiro atoms. The Morgan fingerprint density at radius 1 is 1.16 bits per heavy atom. The number of aliphatic hydroxyl groups is 6. The van der Waals surface area contributed by atoms with Crippen LogP contribution in [0.15, 0.2) is 29.2 Å². The molecule has 0 aliphatic carbocycles. The lowest BCUT2D eigenvalue weighted by molar-refractivity contribution is -0.303. The lowest BCUT2D eigenvalue weighted by Crippen LogP contribution is -2.60. The summed E-state index contributed by atoms with van der Waals surface area (Å²) in [6.45, 7) is 2.10. The van der Waals surface area contributed by atoms with Gasteiger partial charge in [-0.2, -0.15) is 0 Å². The van der Waals surface area contributed by atoms with Gasteiger partial charge in [-0.1, -0.05) is 19.1 Å². The highest BCUT2D eigenvalue weighted by molar-refractivity contribution is 7.89. The van der Waals surface area contributed by atoms with Crippen molar-refractivity contribution >= 4 is 10.0 Å². The summed E-state index contributed by atoms with van der Waals surface area (Å²) in [5.41, 5.74) is 0.700. The Bertz CT molecular complexity index is 805. The first-order valence-electron chi connectivity index (χ1n) is 9.89. The van der Waals surface area contributed by atoms with Crippen molar-refractivity contribution in [3.63, 3.8) is 0 Å². The molecule has 1 saturated heterocycles. The molecular formula is C19H31NO10S. The number of sulfonamides is 1. The van der Waals surface area contributed by atoms with Crippen LogP contribution in [0, 0.1) is 6.92 Å². The van der Waals surface area contributed by atoms with Crippen LogP contribution < -0.4 is 4.72 Å². The zero-order valence-electron chi connectivity index (χ0n) is 17.3. The smallest absolute Gasteiger partial charge is 0.240 e. The number of hydrogen-bond donors (Lipinski definition) is 7. The van der Waals surface area contributed by atoms with Gasteiger partial charge in [-0.3, -0.25) is 0 Å². The van der Waals surface area contributed by atoms with E-state index in [2.05, 4.69) is 4.72 Å². The molecule has 0 aromatic heterocycles. The summed E-state index contributed by atoms with van der Waals surface area (Å²) in [7, 11) is -4.10. The summed E-state index contributed by atoms with van der Waals surface area (Å²) in [6, 6.07) is 4.73. The Kier molecular flexibility index (Phi) is 9.33. The van der Waals surface area contributed by atoms with Crippen molar-refractivity contribution in [3.05, 3.63) is 29.8 Å². The molecule has 7 N–H and O–H groups in total. The van der Waals surface area contributed by atoms with Crippen molar-refractivity contribution in [2.75, 3.05) is 13.2 Å². The Labute approximate surface area is 180 Å². The zero-order chi connectivity index (χ0) is 23.3. The number of benzene rings is 1. The molecular weight excluding hydrogens is 434 g/mol. The lowest BCUT2D eigenvalue weighted by Gasteiger charge is -2.40. The highest BCUT2D eigenvalue weighted by atomic mass is 32.2. The normalized spacial score (nSPS) is 30.0. The van der Waals surface area contributed by atoms with E-state index in [0.29, 0.717) is 5.56 Å². The summed E-state index contributed by atoms with van der Waals surface area (Å²) < 4.78 is 38.4. The molecule has 12 heteroatoms. The predicted molar refractivity (Wildman–Crippen MR) is 107 cm³/mol. The highest BCUT2D eigenvalue weighted by Gasteiger charge is 2.44. The average Bonchev–Trinajstić information content (AvgIpc) is 2.75. The van der Waals surface area contributed by atoms with E-state index in [4.69, 9.17) is 9.47 Å². The van der Waals surface area contributed by atoms with E-state index < -0.39 is 72.2 Å². The van der Waals surface area contributed by atoms with Crippen LogP contribution in [0.5, 0.6) is 0 Å². The summed E-state index contributed by atoms with van der Waals surface area (Å²) in [5, 5.41) is 59.5. The van der Waals surface area contributed by atoms with Crippen molar-refractivity contribution in [1.29, 1.82) is 0 Å². The molecule has 31 heavy (non-hydrogen) atoms. The second-order valence-corrected chi connectivity index (χ2v) is 9.26. The molecule has 1 aliphatic rings. The third kappa shape index (κ3) is 6.42. The molecule has 0 amide bonds. The van der Waals surface area contributed by atoms with Gasteiger partial charge in [0.2, 0.25) is 10.0 Å². The third-order valence-corrected chi connectivity index (χ3v) is 6.61. The Hall–Kier alpha value is -1.19. The van der Waals surface area contributed by atoms with E-state index in [-0.39, 0.29) is 11.3 Å². The lowest BCUT2D eigenvalue weighted by atomic mass is 9.99. The Morgan fingerprint density at radius 3 is 2.42 bits per heavy atom. The van der Waals surface area contributed by atoms with Gasteiger partial charge in [0.25, 0.3) is 0 Å². The van der Waals surface area contributed by atoms with E-state index in [0.717, 1.165) is 0 Å². The quantitative estimate of drug-likeness (QED) is 0.196. The fraction of sp³-hybridized carbons (Fsp3) is 0.684. The monoisotopic (exact) mass is 465 g/mol. The van der Waals surface area contributed by atoms with Crippen LogP contribution in [0.2, 0.25) is 0 Å². The molecule has 0 saturated carbocycles. The van der Waals surface area contributed by atoms with Crippen molar-refractivity contribution < 1.29 is 48.5 Å². The van der Waals surface area contributed by atoms with Crippen LogP contribution >= 0.6 is 0 Å². The van der Waals surface area contributed by atoms with Crippen LogP contribution in [0.1, 0.15) is 18.9 Å². The van der Waals surface area contributed by atoms with Crippen LogP contribution in [0.25, 0.3) is 0 Å². The second kappa shape index (κ2) is 11.1. The van der Waals surface area contributed by atoms with E-state index in [1.807, 2.05) is 0 Å². The molecule has 1 heterocycles. The average molecular weight is 466 g/mol. The van der Waals surface area contributed by atoms with E-state index in [1.54, 1.807) is 26.0 Å². The summed E-state index contributed by atoms with van der Waals surface area (Å²) in [4.78, 5) is -0.0523. The number of aliphatic hydroxyl groups excluding tert-OH is 6. The van der Waals surface area contributed by atoms with E-state index in [1.165, 1.54) is 12.1 Å². The number of aryl methyl sites for hydroxylation is 1. The molecule has 1 aromatic rings. The summed E-state index contributed by atoms with van der Waals surface area (Å²) >= 11 is 0. The largest absolute Gasteiger partial charge is 0.394 e. The maximum Gasteiger partial charge on any atom is 0.240 e. The van der Waals surface area contributed by atoms with E-state index in [9.17, 15) is 39.1 Å². The highest BCUT2D eigenvalue weighted by Crippen LogP contribution is 2.23. The fourth-order valence-electron chi connectivity index (χ4n) is 3.17. The molecule has 0 bridgehead atoms. The van der Waals surface area contributed by atoms with Gasteiger partial charge in [0.05, 0.1) is 36.4 Å². The molecule has 1 aromatic carbocycles. The molecule has 2 rings (SSSR count). The van der Waals surface area contributed by atoms with Crippen molar-refractivity contribution in [3.8, 4) is 0 Å². The molecule has 11 nitrogen and oxygen atoms in total. The fourth-order valence-corrected chi connectivity index (χ4v) is 4.51. The SMILES string of the molecule is CC[C@@H](O)[C@@H](O)[C@H](CO[C@H]1OC(CO)[C@H](O)C(O)C1O)NS(=O)(=O)c1cccc(C)c1. The summed E-state index contributed by atoms with van der Waals surface area (Å²) in [6.07, 6.45) is -10.4. The number of rotatable bonds is 10. The van der Waals surface area contributed by atoms with Crippen molar-refractivity contribution in [2.45, 2.75) is 74.1 Å². The molecule has 3 unspecified atom stereocenters. The zero-order valence-corrected chi connectivity index (χ0v) is 18.1. The maximum atomic E-state index is 12.8. The molecule has 1 fully saturated rings. The predicted octanol–water partition coefficient (Wildman–Crippen LogP) is -2.41. The van der Waals surface area contributed by atoms with Crippen molar-refractivity contribution in [1.82, 2.24) is 4.72 Å². The van der Waals surface area contributed by atoms with Gasteiger partial charge in [-0.05, 0) is 31.0 Å². The Balaban J connectivity index is 2.19. The van der Waals surface area contributed by atoms with Crippen molar-refractivity contribution in [2.24, 2.45) is 0 Å². The number of nitrogens with one attached hydrogen (secondary N) is 1. The second-order valence-electron chi connectivity index (χ2n) is 7.54. The van der Waals surface area contributed by atoms with Crippen LogP contribution in [0.3, 0.4) is 0 Å². The van der Waals surface area contributed by atoms with Gasteiger partial charge < -0.3 is 40.1 Å². The van der Waals surface area contributed by atoms with Gasteiger partial charge >= 0.3 is 0 Å². The minimum atomic E-state index is -4.10. The topological polar surface area (TPSA) is 186 Å². The van der Waals surface area contributed by atoms with Crippen LogP contribution in [0.4, 0.5) is 0 Å². The van der Waals surface area contributed by atoms with E-state index >= 15 is 0 Å². The first kappa shape index (κ1) is 26.1. The Morgan fingerprint density at radius 2 is 1.84 bits per heavy atom. The molecule has 8 atom stereocenters. The maximum absolute atomic E-state index is 12.8. The standard InChI is InChI=1S/C19H31NO10S/c1-3-13(22)15(23)12(20-31(27,28)11-6-4-5-10(2)7-11)9-29-19-18(26)17(25)16(24)14(8-21)30-19/h4-7,12-26H,3,8-9H2,1-2H3/t12-,13+,14?,15-,16-,17?,18?,19-/m0/s1. The minimum Gasteiger partial charge on any atom is -0.394 e. The van der Waals surface area contributed by atoms with Gasteiger partial charge in [-0.15, -0.1) is 0 Å². The van der Waals surface area contributed by atoms with Gasteiger partial charge in [-0.25, -0.2) is 13.1 Å². The van der Waals surface area contributed by atoms with Gasteiger partial charge in [0.15, 0.2) is 6.29 Å². The molecule has 1 aliphatic heterocycles. The third-order valence-electron chi connectivity index (χ3n) is 5.12. The first-order chi connectivity index (χ1) is 14.5. The first-order valence-corrected chi connectivity index (χ1v) is 11.4. The molecule has 178 valence electrons. The van der Waals surface area contributed by atoms with Gasteiger partial charge in [0, 0.05) is 0 Å². The number of ether oxygens (including phenoxy) is 2. The number of hydrogen-bond acceptors (Lipinski definition) is 10. The summed E-state index contributed by atoms with van der Waals surface area (Å²) in [5.74, 6) is 0. The van der Waals surface area contributed by atoms with Gasteiger partial charge in [0.1, 0.15) is 24.4 Å². The minimum absolute atomic E-state index is 0.0523. The van der Waals surface area contributed by atoms with Crippen LogP contribution in [-0.4, -0.2) is 101 Å². The van der Waals surface area contributed by atoms with Crippen LogP contribution in [-0.2, 0) is 19.5 Å². The molecule has 0 radical (unpaired) electrons.